The van der Waals surface area contributed by atoms with Crippen LogP contribution >= 0.6 is 11.8 Å². The summed E-state index contributed by atoms with van der Waals surface area (Å²) in [6.07, 6.45) is 0. The summed E-state index contributed by atoms with van der Waals surface area (Å²) in [6, 6.07) is -0.669. The van der Waals surface area contributed by atoms with Gasteiger partial charge in [0, 0.05) is 17.7 Å². The van der Waals surface area contributed by atoms with E-state index < -0.39 is 23.9 Å². The van der Waals surface area contributed by atoms with Crippen molar-refractivity contribution in [2.24, 2.45) is 5.73 Å². The second-order valence-corrected chi connectivity index (χ2v) is 5.82. The second kappa shape index (κ2) is 4.86. The van der Waals surface area contributed by atoms with Crippen molar-refractivity contribution in [2.45, 2.75) is 30.5 Å². The van der Waals surface area contributed by atoms with Crippen molar-refractivity contribution in [3.8, 4) is 0 Å². The molecule has 0 saturated carbocycles. The number of carboxylic acids is 1. The van der Waals surface area contributed by atoms with E-state index in [0.29, 0.717) is 5.57 Å². The molecule has 0 aliphatic carbocycles. The van der Waals surface area contributed by atoms with E-state index in [9.17, 15) is 19.5 Å². The summed E-state index contributed by atoms with van der Waals surface area (Å²) in [4.78, 5) is 35.1. The van der Waals surface area contributed by atoms with E-state index in [0.717, 1.165) is 0 Å². The smallest absolute Gasteiger partial charge is 0.352 e. The number of carbonyl (C=O) groups is 3. The van der Waals surface area contributed by atoms with E-state index in [1.54, 1.807) is 6.92 Å². The first-order chi connectivity index (χ1) is 8.84. The number of β-lactam (4-membered cyclic amide) rings is 1. The molecule has 3 N–H and O–H groups in total. The predicted molar refractivity (Wildman–Crippen MR) is 67.0 cm³/mol. The molecule has 0 spiro atoms. The summed E-state index contributed by atoms with van der Waals surface area (Å²) in [5.74, 6) is -2.12. The van der Waals surface area contributed by atoms with Crippen LogP contribution in [0.3, 0.4) is 0 Å². The van der Waals surface area contributed by atoms with Crippen LogP contribution in [0.15, 0.2) is 11.3 Å². The molecular formula is C11H14N2O5S. The van der Waals surface area contributed by atoms with Crippen LogP contribution < -0.4 is 5.73 Å². The topological polar surface area (TPSA) is 110 Å². The minimum atomic E-state index is -1.21. The van der Waals surface area contributed by atoms with E-state index in [2.05, 4.69) is 0 Å². The summed E-state index contributed by atoms with van der Waals surface area (Å²) < 4.78 is 4.86. The Labute approximate surface area is 113 Å². The third kappa shape index (κ3) is 2.21. The first kappa shape index (κ1) is 13.9. The number of rotatable bonds is 3. The molecule has 0 aromatic carbocycles. The van der Waals surface area contributed by atoms with Gasteiger partial charge in [0.25, 0.3) is 0 Å². The van der Waals surface area contributed by atoms with Crippen molar-refractivity contribution in [3.05, 3.63) is 11.3 Å². The number of carbonyl (C=O) groups excluding carboxylic acids is 2. The fraction of sp³-hybridized carbons (Fsp3) is 0.545. The first-order valence-corrected chi connectivity index (χ1v) is 6.62. The van der Waals surface area contributed by atoms with Gasteiger partial charge in [-0.05, 0) is 6.92 Å². The molecule has 7 nitrogen and oxygen atoms in total. The van der Waals surface area contributed by atoms with Gasteiger partial charge < -0.3 is 15.6 Å². The molecule has 8 heteroatoms. The Hall–Kier alpha value is -1.54. The van der Waals surface area contributed by atoms with Gasteiger partial charge in [-0.3, -0.25) is 14.5 Å². The van der Waals surface area contributed by atoms with Gasteiger partial charge in [0.1, 0.15) is 23.7 Å². The fourth-order valence-electron chi connectivity index (χ4n) is 2.11. The highest BCUT2D eigenvalue weighted by Gasteiger charge is 2.53. The minimum Gasteiger partial charge on any atom is -0.477 e. The van der Waals surface area contributed by atoms with Crippen LogP contribution in [-0.4, -0.2) is 51.1 Å². The second-order valence-electron chi connectivity index (χ2n) is 4.36. The standard InChI is InChI=1S/C11H14N2O5S/c1-4-6(3-18-5(2)14)8(11(16)17)13-9(15)7(12)10(13)19-4/h4,7,10H,3,12H2,1-2H3,(H,16,17)/t4-,7+,10+/m0/s1. The van der Waals surface area contributed by atoms with Gasteiger partial charge in [-0.2, -0.15) is 0 Å². The lowest BCUT2D eigenvalue weighted by Crippen LogP contribution is -2.69. The van der Waals surface area contributed by atoms with Gasteiger partial charge in [-0.15, -0.1) is 11.8 Å². The molecule has 2 rings (SSSR count). The van der Waals surface area contributed by atoms with Gasteiger partial charge in [0.15, 0.2) is 0 Å². The summed E-state index contributed by atoms with van der Waals surface area (Å²) >= 11 is 1.40. The predicted octanol–water partition coefficient (Wildman–Crippen LogP) is -0.481. The largest absolute Gasteiger partial charge is 0.477 e. The number of hydrogen-bond acceptors (Lipinski definition) is 6. The summed E-state index contributed by atoms with van der Waals surface area (Å²) in [7, 11) is 0. The van der Waals surface area contributed by atoms with Crippen molar-refractivity contribution >= 4 is 29.6 Å². The molecular weight excluding hydrogens is 272 g/mol. The normalized spacial score (nSPS) is 29.7. The lowest BCUT2D eigenvalue weighted by molar-refractivity contribution is -0.148. The molecule has 0 radical (unpaired) electrons. The van der Waals surface area contributed by atoms with Gasteiger partial charge in [0.2, 0.25) is 5.91 Å². The van der Waals surface area contributed by atoms with E-state index >= 15 is 0 Å². The number of thioether (sulfide) groups is 1. The van der Waals surface area contributed by atoms with Crippen LogP contribution in [0.25, 0.3) is 0 Å². The molecule has 1 saturated heterocycles. The summed E-state index contributed by atoms with van der Waals surface area (Å²) in [5, 5.41) is 8.75. The number of aliphatic carboxylic acids is 1. The zero-order valence-electron chi connectivity index (χ0n) is 10.5. The lowest BCUT2D eigenvalue weighted by Gasteiger charge is -2.49. The molecule has 3 atom stereocenters. The number of fused-ring (bicyclic) bond motifs is 1. The monoisotopic (exact) mass is 286 g/mol. The quantitative estimate of drug-likeness (QED) is 0.532. The SMILES string of the molecule is CC(=O)OCC1=C(C(=O)O)N2C(=O)[C@@H](N)[C@H]2S[C@H]1C. The molecule has 1 fully saturated rings. The molecule has 104 valence electrons. The summed E-state index contributed by atoms with van der Waals surface area (Å²) in [6.45, 7) is 2.92. The first-order valence-electron chi connectivity index (χ1n) is 5.68. The molecule has 0 unspecified atom stereocenters. The Morgan fingerprint density at radius 2 is 2.16 bits per heavy atom. The number of carboxylic acid groups (broad SMARTS) is 1. The van der Waals surface area contributed by atoms with Crippen molar-refractivity contribution < 1.29 is 24.2 Å². The van der Waals surface area contributed by atoms with Crippen LogP contribution in [-0.2, 0) is 19.1 Å². The van der Waals surface area contributed by atoms with E-state index in [-0.39, 0.29) is 22.9 Å². The third-order valence-corrected chi connectivity index (χ3v) is 4.57. The molecule has 2 aliphatic heterocycles. The summed E-state index contributed by atoms with van der Waals surface area (Å²) in [5.41, 5.74) is 5.97. The maximum atomic E-state index is 11.7. The van der Waals surface area contributed by atoms with Gasteiger partial charge in [0.05, 0.1) is 0 Å². The van der Waals surface area contributed by atoms with Crippen molar-refractivity contribution in [3.63, 3.8) is 0 Å². The molecule has 19 heavy (non-hydrogen) atoms. The van der Waals surface area contributed by atoms with E-state index in [1.807, 2.05) is 0 Å². The number of esters is 1. The van der Waals surface area contributed by atoms with Crippen molar-refractivity contribution in [1.29, 1.82) is 0 Å². The molecule has 0 aromatic rings. The van der Waals surface area contributed by atoms with Crippen LogP contribution in [0.1, 0.15) is 13.8 Å². The molecule has 0 aromatic heterocycles. The van der Waals surface area contributed by atoms with Crippen molar-refractivity contribution in [1.82, 2.24) is 4.90 Å². The highest BCUT2D eigenvalue weighted by molar-refractivity contribution is 8.00. The van der Waals surface area contributed by atoms with Crippen LogP contribution in [0, 0.1) is 0 Å². The average Bonchev–Trinajstić information content (AvgIpc) is 2.34. The molecule has 0 bridgehead atoms. The minimum absolute atomic E-state index is 0.107. The Morgan fingerprint density at radius 1 is 1.53 bits per heavy atom. The van der Waals surface area contributed by atoms with Gasteiger partial charge in [-0.25, -0.2) is 4.79 Å². The number of hydrogen-bond donors (Lipinski definition) is 2. The zero-order chi connectivity index (χ0) is 14.3. The zero-order valence-corrected chi connectivity index (χ0v) is 11.3. The van der Waals surface area contributed by atoms with Gasteiger partial charge in [-0.1, -0.05) is 0 Å². The van der Waals surface area contributed by atoms with Crippen molar-refractivity contribution in [2.75, 3.05) is 6.61 Å². The molecule has 1 amide bonds. The van der Waals surface area contributed by atoms with E-state index in [4.69, 9.17) is 10.5 Å². The van der Waals surface area contributed by atoms with Gasteiger partial charge >= 0.3 is 11.9 Å². The highest BCUT2D eigenvalue weighted by atomic mass is 32.2. The number of amides is 1. The maximum Gasteiger partial charge on any atom is 0.352 e. The Bertz CT molecular complexity index is 489. The highest BCUT2D eigenvalue weighted by Crippen LogP contribution is 2.43. The van der Waals surface area contributed by atoms with Crippen LogP contribution in [0.5, 0.6) is 0 Å². The fourth-order valence-corrected chi connectivity index (χ4v) is 3.49. The van der Waals surface area contributed by atoms with E-state index in [1.165, 1.54) is 23.6 Å². The maximum absolute atomic E-state index is 11.7. The Kier molecular flexibility index (Phi) is 3.55. The number of ether oxygens (including phenoxy) is 1. The Morgan fingerprint density at radius 3 is 2.68 bits per heavy atom. The average molecular weight is 286 g/mol. The lowest BCUT2D eigenvalue weighted by atomic mass is 10.0. The number of nitrogens with two attached hydrogens (primary N) is 1. The third-order valence-electron chi connectivity index (χ3n) is 3.10. The Balaban J connectivity index is 2.35. The molecule has 2 aliphatic rings. The molecule has 2 heterocycles. The number of nitrogens with zero attached hydrogens (tertiary/aromatic N) is 1. The van der Waals surface area contributed by atoms with Crippen LogP contribution in [0.2, 0.25) is 0 Å². The van der Waals surface area contributed by atoms with Crippen LogP contribution in [0.4, 0.5) is 0 Å².